The second-order valence-electron chi connectivity index (χ2n) is 6.49. The number of thioether (sulfide) groups is 1. The molecule has 0 spiro atoms. The van der Waals surface area contributed by atoms with E-state index in [1.165, 1.54) is 4.90 Å². The fourth-order valence-corrected chi connectivity index (χ4v) is 4.27. The minimum atomic E-state index is -0.323. The second kappa shape index (κ2) is 8.02. The molecule has 0 saturated carbocycles. The number of hydrogen-bond donors (Lipinski definition) is 0. The Hall–Kier alpha value is -2.51. The van der Waals surface area contributed by atoms with E-state index >= 15 is 0 Å². The number of azo groups is 1. The van der Waals surface area contributed by atoms with Gasteiger partial charge in [-0.3, -0.25) is 14.5 Å². The van der Waals surface area contributed by atoms with Crippen molar-refractivity contribution in [1.29, 1.82) is 0 Å². The average Bonchev–Trinajstić information content (AvgIpc) is 3.02. The highest BCUT2D eigenvalue weighted by Gasteiger charge is 2.42. The Morgan fingerprint density at radius 2 is 1.48 bits per heavy atom. The van der Waals surface area contributed by atoms with Crippen molar-refractivity contribution in [1.82, 2.24) is 4.90 Å². The van der Waals surface area contributed by atoms with Crippen LogP contribution >= 0.6 is 11.8 Å². The zero-order valence-electron chi connectivity index (χ0n) is 14.8. The van der Waals surface area contributed by atoms with E-state index in [2.05, 4.69) is 15.1 Å². The minimum absolute atomic E-state index is 0.120. The van der Waals surface area contributed by atoms with Crippen LogP contribution in [0.4, 0.5) is 17.1 Å². The van der Waals surface area contributed by atoms with Gasteiger partial charge in [-0.15, -0.1) is 0 Å². The summed E-state index contributed by atoms with van der Waals surface area (Å²) >= 11 is 1.89. The number of imide groups is 1. The van der Waals surface area contributed by atoms with Crippen molar-refractivity contribution >= 4 is 40.6 Å². The maximum atomic E-state index is 12.8. The van der Waals surface area contributed by atoms with Crippen LogP contribution in [0.2, 0.25) is 0 Å². The third-order valence-corrected chi connectivity index (χ3v) is 5.70. The fourth-order valence-electron chi connectivity index (χ4n) is 3.34. The molecule has 1 atom stereocenters. The summed E-state index contributed by atoms with van der Waals surface area (Å²) in [6.45, 7) is 1.72. The number of benzene rings is 2. The Labute approximate surface area is 162 Å². The highest BCUT2D eigenvalue weighted by Crippen LogP contribution is 2.29. The predicted molar refractivity (Wildman–Crippen MR) is 107 cm³/mol. The molecule has 0 radical (unpaired) electrons. The molecule has 138 valence electrons. The fraction of sp³-hybridized carbons (Fsp3) is 0.300. The number of anilines is 1. The smallest absolute Gasteiger partial charge is 0.251 e. The maximum absolute atomic E-state index is 12.8. The first kappa shape index (κ1) is 17.9. The molecule has 2 aromatic rings. The molecular weight excluding hydrogens is 360 g/mol. The Morgan fingerprint density at radius 1 is 0.852 bits per heavy atom. The number of nitrogens with zero attached hydrogens (tertiary/aromatic N) is 4. The number of carbonyl (C=O) groups excluding carboxylic acids is 2. The molecule has 6 nitrogen and oxygen atoms in total. The monoisotopic (exact) mass is 380 g/mol. The summed E-state index contributed by atoms with van der Waals surface area (Å²) in [6, 6.07) is 16.2. The SMILES string of the molecule is O=C1C[C@H](N2CCSCC2)C(=O)N1c1ccc(N=Nc2ccccc2)cc1. The quantitative estimate of drug-likeness (QED) is 0.598. The van der Waals surface area contributed by atoms with Crippen LogP contribution in [-0.2, 0) is 9.59 Å². The lowest BCUT2D eigenvalue weighted by atomic mass is 10.2. The topological polar surface area (TPSA) is 65.3 Å². The van der Waals surface area contributed by atoms with E-state index in [0.29, 0.717) is 11.4 Å². The largest absolute Gasteiger partial charge is 0.290 e. The zero-order valence-corrected chi connectivity index (χ0v) is 15.6. The lowest BCUT2D eigenvalue weighted by Gasteiger charge is -2.30. The molecule has 0 aromatic heterocycles. The van der Waals surface area contributed by atoms with E-state index in [9.17, 15) is 9.59 Å². The Morgan fingerprint density at radius 3 is 2.15 bits per heavy atom. The molecule has 2 heterocycles. The van der Waals surface area contributed by atoms with Crippen LogP contribution in [0.15, 0.2) is 64.8 Å². The number of carbonyl (C=O) groups is 2. The molecule has 2 aliphatic heterocycles. The van der Waals surface area contributed by atoms with Crippen LogP contribution in [0.25, 0.3) is 0 Å². The van der Waals surface area contributed by atoms with Crippen molar-refractivity contribution < 1.29 is 9.59 Å². The van der Waals surface area contributed by atoms with Gasteiger partial charge < -0.3 is 0 Å². The Bertz CT molecular complexity index is 848. The van der Waals surface area contributed by atoms with Gasteiger partial charge in [-0.05, 0) is 36.4 Å². The highest BCUT2D eigenvalue weighted by atomic mass is 32.2. The van der Waals surface area contributed by atoms with Gasteiger partial charge in [-0.25, -0.2) is 4.90 Å². The van der Waals surface area contributed by atoms with Crippen molar-refractivity contribution in [2.45, 2.75) is 12.5 Å². The van der Waals surface area contributed by atoms with E-state index in [4.69, 9.17) is 0 Å². The number of amides is 2. The summed E-state index contributed by atoms with van der Waals surface area (Å²) in [7, 11) is 0. The molecule has 0 bridgehead atoms. The lowest BCUT2D eigenvalue weighted by Crippen LogP contribution is -2.45. The molecule has 0 aliphatic carbocycles. The van der Waals surface area contributed by atoms with Crippen molar-refractivity contribution in [2.24, 2.45) is 10.2 Å². The highest BCUT2D eigenvalue weighted by molar-refractivity contribution is 7.99. The van der Waals surface area contributed by atoms with Crippen molar-refractivity contribution in [2.75, 3.05) is 29.5 Å². The molecule has 4 rings (SSSR count). The average molecular weight is 380 g/mol. The third kappa shape index (κ3) is 3.94. The summed E-state index contributed by atoms with van der Waals surface area (Å²) in [6.07, 6.45) is 0.263. The Balaban J connectivity index is 1.47. The summed E-state index contributed by atoms with van der Waals surface area (Å²) < 4.78 is 0. The molecule has 0 N–H and O–H groups in total. The van der Waals surface area contributed by atoms with E-state index in [1.807, 2.05) is 42.1 Å². The second-order valence-corrected chi connectivity index (χ2v) is 7.71. The van der Waals surface area contributed by atoms with Gasteiger partial charge in [0.25, 0.3) is 5.91 Å². The van der Waals surface area contributed by atoms with Crippen LogP contribution < -0.4 is 4.90 Å². The van der Waals surface area contributed by atoms with Gasteiger partial charge in [0.15, 0.2) is 0 Å². The normalized spacial score (nSPS) is 21.3. The molecule has 7 heteroatoms. The minimum Gasteiger partial charge on any atom is -0.290 e. The summed E-state index contributed by atoms with van der Waals surface area (Å²) in [5.41, 5.74) is 2.04. The van der Waals surface area contributed by atoms with E-state index in [0.717, 1.165) is 30.3 Å². The number of rotatable bonds is 4. The predicted octanol–water partition coefficient (Wildman–Crippen LogP) is 3.78. The van der Waals surface area contributed by atoms with Crippen molar-refractivity contribution in [3.63, 3.8) is 0 Å². The Kier molecular flexibility index (Phi) is 5.31. The first-order chi connectivity index (χ1) is 13.2. The van der Waals surface area contributed by atoms with Gasteiger partial charge in [-0.1, -0.05) is 18.2 Å². The van der Waals surface area contributed by atoms with E-state index < -0.39 is 0 Å². The van der Waals surface area contributed by atoms with Crippen LogP contribution in [-0.4, -0.2) is 47.4 Å². The summed E-state index contributed by atoms with van der Waals surface area (Å²) in [5, 5.41) is 8.37. The van der Waals surface area contributed by atoms with Gasteiger partial charge in [-0.2, -0.15) is 22.0 Å². The van der Waals surface area contributed by atoms with Crippen LogP contribution in [0.3, 0.4) is 0 Å². The molecule has 2 aromatic carbocycles. The summed E-state index contributed by atoms with van der Waals surface area (Å²) in [5.74, 6) is 1.77. The van der Waals surface area contributed by atoms with Gasteiger partial charge in [0.2, 0.25) is 5.91 Å². The van der Waals surface area contributed by atoms with Gasteiger partial charge >= 0.3 is 0 Å². The van der Waals surface area contributed by atoms with E-state index in [1.54, 1.807) is 24.3 Å². The summed E-state index contributed by atoms with van der Waals surface area (Å²) in [4.78, 5) is 28.7. The molecular formula is C20H20N4O2S. The van der Waals surface area contributed by atoms with Gasteiger partial charge in [0.05, 0.1) is 29.5 Å². The molecule has 2 saturated heterocycles. The lowest BCUT2D eigenvalue weighted by molar-refractivity contribution is -0.122. The third-order valence-electron chi connectivity index (χ3n) is 4.75. The zero-order chi connectivity index (χ0) is 18.6. The van der Waals surface area contributed by atoms with Crippen LogP contribution in [0.5, 0.6) is 0 Å². The van der Waals surface area contributed by atoms with Crippen molar-refractivity contribution in [3.05, 3.63) is 54.6 Å². The molecule has 27 heavy (non-hydrogen) atoms. The molecule has 2 amide bonds. The first-order valence-corrected chi connectivity index (χ1v) is 10.1. The maximum Gasteiger partial charge on any atom is 0.251 e. The molecule has 2 fully saturated rings. The van der Waals surface area contributed by atoms with Gasteiger partial charge in [0.1, 0.15) is 0 Å². The molecule has 0 unspecified atom stereocenters. The van der Waals surface area contributed by atoms with Crippen LogP contribution in [0, 0.1) is 0 Å². The van der Waals surface area contributed by atoms with Crippen molar-refractivity contribution in [3.8, 4) is 0 Å². The standard InChI is InChI=1S/C20H20N4O2S/c25-19-14-18(23-10-12-27-13-11-23)20(26)24(19)17-8-6-16(7-9-17)22-21-15-4-2-1-3-5-15/h1-9,18H,10-14H2/t18-/m0/s1. The first-order valence-electron chi connectivity index (χ1n) is 8.98. The van der Waals surface area contributed by atoms with E-state index in [-0.39, 0.29) is 24.3 Å². The van der Waals surface area contributed by atoms with Gasteiger partial charge in [0, 0.05) is 24.6 Å². The van der Waals surface area contributed by atoms with Crippen LogP contribution in [0.1, 0.15) is 6.42 Å². The molecule has 2 aliphatic rings. The number of hydrogen-bond acceptors (Lipinski definition) is 6.